The minimum absolute atomic E-state index is 0.00341. The highest BCUT2D eigenvalue weighted by molar-refractivity contribution is 5.96. The van der Waals surface area contributed by atoms with Gasteiger partial charge in [-0.05, 0) is 41.8 Å². The van der Waals surface area contributed by atoms with E-state index >= 15 is 0 Å². The number of carbonyl (C=O) groups excluding carboxylic acids is 2. The van der Waals surface area contributed by atoms with Gasteiger partial charge in [0.15, 0.2) is 5.82 Å². The molecule has 0 unspecified atom stereocenters. The Kier molecular flexibility index (Phi) is 5.22. The van der Waals surface area contributed by atoms with Gasteiger partial charge in [0.05, 0.1) is 12.6 Å². The Balaban J connectivity index is 1.58. The van der Waals surface area contributed by atoms with Gasteiger partial charge in [0.25, 0.3) is 0 Å². The van der Waals surface area contributed by atoms with Crippen LogP contribution in [0.3, 0.4) is 0 Å². The Morgan fingerprint density at radius 3 is 2.92 bits per heavy atom. The Hall–Kier alpha value is -2.97. The van der Waals surface area contributed by atoms with E-state index in [-0.39, 0.29) is 6.54 Å². The van der Waals surface area contributed by atoms with Crippen molar-refractivity contribution in [1.29, 1.82) is 0 Å². The van der Waals surface area contributed by atoms with Crippen molar-refractivity contribution in [2.45, 2.75) is 32.2 Å². The van der Waals surface area contributed by atoms with Crippen LogP contribution in [0.1, 0.15) is 32.2 Å². The largest absolute Gasteiger partial charge is 0.376 e. The number of hydrogen-bond acceptors (Lipinski definition) is 6. The summed E-state index contributed by atoms with van der Waals surface area (Å²) in [5.74, 6) is 0.316. The second-order valence-corrected chi connectivity index (χ2v) is 5.92. The quantitative estimate of drug-likeness (QED) is 0.699. The van der Waals surface area contributed by atoms with Gasteiger partial charge in [0.2, 0.25) is 5.91 Å². The van der Waals surface area contributed by atoms with Crippen molar-refractivity contribution >= 4 is 17.6 Å². The molecule has 9 heteroatoms. The van der Waals surface area contributed by atoms with Gasteiger partial charge in [-0.15, -0.1) is 5.10 Å². The van der Waals surface area contributed by atoms with Crippen LogP contribution >= 0.6 is 0 Å². The first kappa shape index (κ1) is 16.9. The minimum Gasteiger partial charge on any atom is -0.376 e. The van der Waals surface area contributed by atoms with Gasteiger partial charge in [-0.2, -0.15) is 0 Å². The number of imide groups is 1. The normalized spacial score (nSPS) is 13.3. The number of hydrogen-bond donors (Lipinski definition) is 3. The van der Waals surface area contributed by atoms with E-state index in [0.717, 1.165) is 36.3 Å². The number of carbonyl (C=O) groups is 2. The zero-order valence-corrected chi connectivity index (χ0v) is 14.0. The first-order valence-corrected chi connectivity index (χ1v) is 8.37. The number of amides is 3. The average molecular weight is 343 g/mol. The molecule has 9 nitrogen and oxygen atoms in total. The van der Waals surface area contributed by atoms with Crippen LogP contribution in [-0.2, 0) is 4.79 Å². The van der Waals surface area contributed by atoms with Crippen molar-refractivity contribution in [3.05, 3.63) is 24.3 Å². The molecule has 2 aromatic rings. The predicted octanol–water partition coefficient (Wildman–Crippen LogP) is 1.32. The molecule has 0 radical (unpaired) electrons. The van der Waals surface area contributed by atoms with Crippen LogP contribution in [0.25, 0.3) is 11.4 Å². The smallest absolute Gasteiger partial charge is 0.321 e. The molecule has 0 spiro atoms. The topological polar surface area (TPSA) is 114 Å². The first-order chi connectivity index (χ1) is 12.2. The summed E-state index contributed by atoms with van der Waals surface area (Å²) in [7, 11) is 0. The summed E-state index contributed by atoms with van der Waals surface area (Å²) < 4.78 is 1.84. The molecule has 1 aromatic heterocycles. The van der Waals surface area contributed by atoms with Crippen molar-refractivity contribution in [3.63, 3.8) is 0 Å². The Morgan fingerprint density at radius 1 is 1.32 bits per heavy atom. The lowest BCUT2D eigenvalue weighted by atomic mass is 10.2. The molecule has 1 fully saturated rings. The van der Waals surface area contributed by atoms with E-state index in [1.54, 1.807) is 0 Å². The first-order valence-electron chi connectivity index (χ1n) is 8.37. The van der Waals surface area contributed by atoms with E-state index < -0.39 is 11.9 Å². The lowest BCUT2D eigenvalue weighted by Gasteiger charge is -2.09. The third kappa shape index (κ3) is 4.52. The van der Waals surface area contributed by atoms with Gasteiger partial charge in [0, 0.05) is 17.8 Å². The van der Waals surface area contributed by atoms with Crippen LogP contribution in [0.5, 0.6) is 0 Å². The SMILES string of the molecule is CCCNC(=O)NC(=O)CNc1cccc(-c2nnnn2C2CC2)c1. The van der Waals surface area contributed by atoms with Crippen LogP contribution in [0.2, 0.25) is 0 Å². The number of nitrogens with zero attached hydrogens (tertiary/aromatic N) is 4. The highest BCUT2D eigenvalue weighted by Crippen LogP contribution is 2.36. The van der Waals surface area contributed by atoms with Gasteiger partial charge in [-0.25, -0.2) is 9.48 Å². The summed E-state index contributed by atoms with van der Waals surface area (Å²) in [5, 5.41) is 19.8. The molecule has 132 valence electrons. The molecule has 3 amide bonds. The number of nitrogens with one attached hydrogen (secondary N) is 3. The molecule has 1 aromatic carbocycles. The Morgan fingerprint density at radius 2 is 2.16 bits per heavy atom. The number of benzene rings is 1. The van der Waals surface area contributed by atoms with Gasteiger partial charge in [0.1, 0.15) is 0 Å². The molecular weight excluding hydrogens is 322 g/mol. The lowest BCUT2D eigenvalue weighted by molar-refractivity contribution is -0.118. The second-order valence-electron chi connectivity index (χ2n) is 5.92. The highest BCUT2D eigenvalue weighted by atomic mass is 16.2. The Bertz CT molecular complexity index is 754. The molecule has 1 aliphatic rings. The molecule has 0 bridgehead atoms. The fourth-order valence-corrected chi connectivity index (χ4v) is 2.35. The third-order valence-electron chi connectivity index (χ3n) is 3.75. The van der Waals surface area contributed by atoms with Crippen LogP contribution in [0, 0.1) is 0 Å². The van der Waals surface area contributed by atoms with E-state index in [1.165, 1.54) is 0 Å². The van der Waals surface area contributed by atoms with E-state index in [9.17, 15) is 9.59 Å². The van der Waals surface area contributed by atoms with E-state index in [1.807, 2.05) is 35.9 Å². The van der Waals surface area contributed by atoms with E-state index in [0.29, 0.717) is 12.6 Å². The zero-order valence-electron chi connectivity index (χ0n) is 14.0. The summed E-state index contributed by atoms with van der Waals surface area (Å²) in [6.07, 6.45) is 3.00. The summed E-state index contributed by atoms with van der Waals surface area (Å²) in [4.78, 5) is 23.2. The zero-order chi connectivity index (χ0) is 17.6. The average Bonchev–Trinajstić information content (AvgIpc) is 3.35. The standard InChI is InChI=1S/C16H21N7O2/c1-2-8-17-16(25)19-14(24)10-18-12-5-3-4-11(9-12)15-20-21-22-23(15)13-6-7-13/h3-5,9,13,18H,2,6-8,10H2,1H3,(H2,17,19,24,25). The summed E-state index contributed by atoms with van der Waals surface area (Å²) >= 11 is 0. The lowest BCUT2D eigenvalue weighted by Crippen LogP contribution is -2.42. The van der Waals surface area contributed by atoms with E-state index in [4.69, 9.17) is 0 Å². The third-order valence-corrected chi connectivity index (χ3v) is 3.75. The van der Waals surface area contributed by atoms with Crippen molar-refractivity contribution in [1.82, 2.24) is 30.8 Å². The molecule has 3 rings (SSSR count). The van der Waals surface area contributed by atoms with Crippen LogP contribution in [0.4, 0.5) is 10.5 Å². The maximum atomic E-state index is 11.8. The van der Waals surface area contributed by atoms with Crippen LogP contribution < -0.4 is 16.0 Å². The van der Waals surface area contributed by atoms with Crippen molar-refractivity contribution in [2.75, 3.05) is 18.4 Å². The maximum absolute atomic E-state index is 11.8. The highest BCUT2D eigenvalue weighted by Gasteiger charge is 2.28. The molecule has 3 N–H and O–H groups in total. The van der Waals surface area contributed by atoms with Gasteiger partial charge >= 0.3 is 6.03 Å². The fraction of sp³-hybridized carbons (Fsp3) is 0.438. The molecule has 1 aliphatic carbocycles. The van der Waals surface area contributed by atoms with Crippen molar-refractivity contribution in [2.24, 2.45) is 0 Å². The second kappa shape index (κ2) is 7.73. The number of urea groups is 1. The molecule has 0 saturated heterocycles. The maximum Gasteiger partial charge on any atom is 0.321 e. The molecule has 1 saturated carbocycles. The molecule has 0 aliphatic heterocycles. The molecule has 25 heavy (non-hydrogen) atoms. The van der Waals surface area contributed by atoms with Crippen LogP contribution in [-0.4, -0.2) is 45.2 Å². The van der Waals surface area contributed by atoms with E-state index in [2.05, 4.69) is 31.5 Å². The molecule has 0 atom stereocenters. The van der Waals surface area contributed by atoms with Gasteiger partial charge in [-0.3, -0.25) is 10.1 Å². The van der Waals surface area contributed by atoms with Crippen LogP contribution in [0.15, 0.2) is 24.3 Å². The molecule has 1 heterocycles. The van der Waals surface area contributed by atoms with Gasteiger partial charge < -0.3 is 10.6 Å². The fourth-order valence-electron chi connectivity index (χ4n) is 2.35. The van der Waals surface area contributed by atoms with Gasteiger partial charge in [-0.1, -0.05) is 19.1 Å². The summed E-state index contributed by atoms with van der Waals surface area (Å²) in [6.45, 7) is 2.47. The Labute approximate surface area is 145 Å². The van der Waals surface area contributed by atoms with Crippen molar-refractivity contribution < 1.29 is 9.59 Å². The number of rotatable bonds is 7. The summed E-state index contributed by atoms with van der Waals surface area (Å²) in [5.41, 5.74) is 1.63. The monoisotopic (exact) mass is 343 g/mol. The van der Waals surface area contributed by atoms with Crippen molar-refractivity contribution in [3.8, 4) is 11.4 Å². The predicted molar refractivity (Wildman–Crippen MR) is 91.8 cm³/mol. The molecular formula is C16H21N7O2. The minimum atomic E-state index is -0.481. The number of tetrazole rings is 1. The summed E-state index contributed by atoms with van der Waals surface area (Å²) in [6, 6.07) is 7.43. The number of anilines is 1. The number of aromatic nitrogens is 4.